The molecule has 3 rings (SSSR count). The number of phenols is 1. The van der Waals surface area contributed by atoms with Crippen LogP contribution in [0.3, 0.4) is 0 Å². The van der Waals surface area contributed by atoms with Crippen molar-refractivity contribution in [2.24, 2.45) is 0 Å². The number of esters is 1. The van der Waals surface area contributed by atoms with Gasteiger partial charge in [0.2, 0.25) is 9.84 Å². The van der Waals surface area contributed by atoms with Gasteiger partial charge in [0.25, 0.3) is 0 Å². The lowest BCUT2D eigenvalue weighted by Crippen LogP contribution is -2.28. The number of hydrogen-bond acceptors (Lipinski definition) is 6. The lowest BCUT2D eigenvalue weighted by Gasteiger charge is -2.17. The van der Waals surface area contributed by atoms with E-state index < -0.39 is 9.84 Å². The molecule has 0 spiro atoms. The van der Waals surface area contributed by atoms with E-state index in [2.05, 4.69) is 4.74 Å². The Labute approximate surface area is 152 Å². The molecule has 1 N–H and O–H groups in total. The van der Waals surface area contributed by atoms with Crippen LogP contribution in [0.4, 0.5) is 0 Å². The van der Waals surface area contributed by atoms with Crippen molar-refractivity contribution in [2.75, 3.05) is 26.7 Å². The highest BCUT2D eigenvalue weighted by molar-refractivity contribution is 7.91. The third-order valence-electron chi connectivity index (χ3n) is 4.67. The zero-order valence-electron chi connectivity index (χ0n) is 14.5. The topological polar surface area (TPSA) is 83.9 Å². The summed E-state index contributed by atoms with van der Waals surface area (Å²) >= 11 is 0. The molecule has 2 aromatic carbocycles. The van der Waals surface area contributed by atoms with Crippen molar-refractivity contribution in [3.05, 3.63) is 54.1 Å². The highest BCUT2D eigenvalue weighted by atomic mass is 32.2. The minimum atomic E-state index is -3.80. The molecule has 1 unspecified atom stereocenters. The number of phenolic OH excluding ortho intramolecular Hbond substituents is 1. The van der Waals surface area contributed by atoms with Gasteiger partial charge in [0.1, 0.15) is 10.6 Å². The first-order valence-corrected chi connectivity index (χ1v) is 9.83. The van der Waals surface area contributed by atoms with Gasteiger partial charge in [-0.05, 0) is 36.7 Å². The molecule has 0 aromatic heterocycles. The maximum absolute atomic E-state index is 12.8. The second-order valence-electron chi connectivity index (χ2n) is 6.31. The monoisotopic (exact) mass is 375 g/mol. The maximum Gasteiger partial charge on any atom is 0.319 e. The Morgan fingerprint density at radius 1 is 1.19 bits per heavy atom. The van der Waals surface area contributed by atoms with Crippen molar-refractivity contribution in [3.8, 4) is 5.75 Å². The Morgan fingerprint density at radius 3 is 2.62 bits per heavy atom. The summed E-state index contributed by atoms with van der Waals surface area (Å²) in [6.07, 6.45) is 0.736. The summed E-state index contributed by atoms with van der Waals surface area (Å²) < 4.78 is 30.4. The molecule has 0 saturated carbocycles. The van der Waals surface area contributed by atoms with E-state index in [1.807, 2.05) is 4.90 Å². The fourth-order valence-electron chi connectivity index (χ4n) is 3.29. The van der Waals surface area contributed by atoms with Gasteiger partial charge in [-0.3, -0.25) is 9.69 Å². The van der Waals surface area contributed by atoms with E-state index >= 15 is 0 Å². The van der Waals surface area contributed by atoms with E-state index in [0.717, 1.165) is 6.42 Å². The van der Waals surface area contributed by atoms with Gasteiger partial charge in [-0.2, -0.15) is 0 Å². The van der Waals surface area contributed by atoms with Crippen molar-refractivity contribution < 1.29 is 23.1 Å². The van der Waals surface area contributed by atoms with Crippen LogP contribution in [0.15, 0.2) is 58.3 Å². The molecule has 0 radical (unpaired) electrons. The largest absolute Gasteiger partial charge is 0.506 e. The number of nitrogens with zero attached hydrogens (tertiary/aromatic N) is 1. The van der Waals surface area contributed by atoms with Crippen molar-refractivity contribution in [2.45, 2.75) is 22.1 Å². The number of methoxy groups -OCH3 is 1. The van der Waals surface area contributed by atoms with Crippen LogP contribution in [0.1, 0.15) is 17.9 Å². The first-order valence-electron chi connectivity index (χ1n) is 8.34. The molecule has 0 amide bonds. The molecule has 138 valence electrons. The van der Waals surface area contributed by atoms with Crippen LogP contribution in [0.2, 0.25) is 0 Å². The molecule has 1 fully saturated rings. The number of carbonyl (C=O) groups is 1. The van der Waals surface area contributed by atoms with Crippen LogP contribution in [0.5, 0.6) is 5.75 Å². The SMILES string of the molecule is COC(=O)CN1CCC(c2cccc(S(=O)(=O)c3ccccc3)c2O)C1. The van der Waals surface area contributed by atoms with Crippen LogP contribution in [0, 0.1) is 0 Å². The minimum Gasteiger partial charge on any atom is -0.506 e. The number of rotatable bonds is 5. The average Bonchev–Trinajstić information content (AvgIpc) is 3.10. The highest BCUT2D eigenvalue weighted by Crippen LogP contribution is 2.38. The van der Waals surface area contributed by atoms with E-state index in [-0.39, 0.29) is 34.0 Å². The average molecular weight is 375 g/mol. The summed E-state index contributed by atoms with van der Waals surface area (Å²) in [6.45, 7) is 1.45. The fraction of sp³-hybridized carbons (Fsp3) is 0.316. The molecule has 0 aliphatic carbocycles. The minimum absolute atomic E-state index is 0.0365. The summed E-state index contributed by atoms with van der Waals surface area (Å²) in [7, 11) is -2.45. The third kappa shape index (κ3) is 3.59. The van der Waals surface area contributed by atoms with Gasteiger partial charge in [0, 0.05) is 12.5 Å². The molecule has 1 aliphatic heterocycles. The van der Waals surface area contributed by atoms with E-state index in [9.17, 15) is 18.3 Å². The zero-order valence-corrected chi connectivity index (χ0v) is 15.3. The molecule has 7 heteroatoms. The first-order chi connectivity index (χ1) is 12.4. The number of carbonyl (C=O) groups excluding carboxylic acids is 1. The number of hydrogen-bond donors (Lipinski definition) is 1. The number of likely N-dealkylation sites (tertiary alicyclic amines) is 1. The van der Waals surface area contributed by atoms with Gasteiger partial charge in [-0.15, -0.1) is 0 Å². The van der Waals surface area contributed by atoms with Gasteiger partial charge in [-0.1, -0.05) is 30.3 Å². The smallest absolute Gasteiger partial charge is 0.319 e. The molecule has 0 bridgehead atoms. The van der Waals surface area contributed by atoms with E-state index in [0.29, 0.717) is 18.7 Å². The van der Waals surface area contributed by atoms with E-state index in [1.165, 1.54) is 25.3 Å². The Bertz CT molecular complexity index is 895. The normalized spacial score (nSPS) is 18.0. The summed E-state index contributed by atoms with van der Waals surface area (Å²) in [5, 5.41) is 10.7. The summed E-state index contributed by atoms with van der Waals surface area (Å²) in [5.41, 5.74) is 0.592. The van der Waals surface area contributed by atoms with Crippen LogP contribution in [0.25, 0.3) is 0 Å². The van der Waals surface area contributed by atoms with Gasteiger partial charge in [0.15, 0.2) is 0 Å². The Balaban J connectivity index is 1.88. The maximum atomic E-state index is 12.8. The highest BCUT2D eigenvalue weighted by Gasteiger charge is 2.30. The number of aromatic hydroxyl groups is 1. The molecule has 1 atom stereocenters. The Morgan fingerprint density at radius 2 is 1.92 bits per heavy atom. The summed E-state index contributed by atoms with van der Waals surface area (Å²) in [5.74, 6) is -0.554. The molecule has 1 aliphatic rings. The van der Waals surface area contributed by atoms with Crippen molar-refractivity contribution in [1.82, 2.24) is 4.90 Å². The number of benzene rings is 2. The van der Waals surface area contributed by atoms with Gasteiger partial charge in [-0.25, -0.2) is 8.42 Å². The summed E-state index contributed by atoms with van der Waals surface area (Å²) in [4.78, 5) is 13.4. The van der Waals surface area contributed by atoms with Crippen LogP contribution in [-0.4, -0.2) is 51.1 Å². The number of ether oxygens (including phenoxy) is 1. The summed E-state index contributed by atoms with van der Waals surface area (Å²) in [6, 6.07) is 12.9. The number of sulfone groups is 1. The van der Waals surface area contributed by atoms with E-state index in [4.69, 9.17) is 0 Å². The van der Waals surface area contributed by atoms with Crippen molar-refractivity contribution in [1.29, 1.82) is 0 Å². The van der Waals surface area contributed by atoms with Gasteiger partial charge in [0.05, 0.1) is 18.6 Å². The Hall–Kier alpha value is -2.38. The molecule has 1 saturated heterocycles. The molecule has 6 nitrogen and oxygen atoms in total. The van der Waals surface area contributed by atoms with Gasteiger partial charge >= 0.3 is 5.97 Å². The predicted octanol–water partition coefficient (Wildman–Crippen LogP) is 2.19. The quantitative estimate of drug-likeness (QED) is 0.807. The standard InChI is InChI=1S/C19H21NO5S/c1-25-18(21)13-20-11-10-14(12-20)16-8-5-9-17(19(16)22)26(23,24)15-6-3-2-4-7-15/h2-9,14,22H,10-13H2,1H3. The van der Waals surface area contributed by atoms with Crippen molar-refractivity contribution in [3.63, 3.8) is 0 Å². The Kier molecular flexibility index (Phi) is 5.29. The fourth-order valence-corrected chi connectivity index (χ4v) is 4.69. The molecule has 2 aromatic rings. The van der Waals surface area contributed by atoms with Crippen LogP contribution >= 0.6 is 0 Å². The van der Waals surface area contributed by atoms with Gasteiger partial charge < -0.3 is 9.84 Å². The molecule has 1 heterocycles. The first kappa shape index (κ1) is 18.4. The van der Waals surface area contributed by atoms with Crippen molar-refractivity contribution >= 4 is 15.8 Å². The van der Waals surface area contributed by atoms with E-state index in [1.54, 1.807) is 30.3 Å². The lowest BCUT2D eigenvalue weighted by atomic mass is 9.97. The predicted molar refractivity (Wildman–Crippen MR) is 95.8 cm³/mol. The molecular formula is C19H21NO5S. The second-order valence-corrected chi connectivity index (χ2v) is 8.23. The van der Waals surface area contributed by atoms with Crippen LogP contribution in [-0.2, 0) is 19.4 Å². The zero-order chi connectivity index (χ0) is 18.7. The molecular weight excluding hydrogens is 354 g/mol. The third-order valence-corrected chi connectivity index (χ3v) is 6.47. The lowest BCUT2D eigenvalue weighted by molar-refractivity contribution is -0.141. The molecule has 26 heavy (non-hydrogen) atoms. The van der Waals surface area contributed by atoms with Crippen LogP contribution < -0.4 is 0 Å². The second kappa shape index (κ2) is 7.47. The number of para-hydroxylation sites is 1.